The van der Waals surface area contributed by atoms with Crippen molar-refractivity contribution < 1.29 is 0 Å². The number of alkyl halides is 1. The Morgan fingerprint density at radius 3 is 2.26 bits per heavy atom. The summed E-state index contributed by atoms with van der Waals surface area (Å²) in [5.41, 5.74) is 2.10. The molecule has 1 aromatic carbocycles. The zero-order chi connectivity index (χ0) is 20.3. The number of pyridine rings is 1. The second-order valence-corrected chi connectivity index (χ2v) is 11.0. The van der Waals surface area contributed by atoms with Gasteiger partial charge in [0.15, 0.2) is 0 Å². The largest absolute Gasteiger partial charge is 0.295 e. The molecule has 0 fully saturated rings. The van der Waals surface area contributed by atoms with Gasteiger partial charge in [0.1, 0.15) is 5.82 Å². The van der Waals surface area contributed by atoms with E-state index in [1.807, 2.05) is 44.3 Å². The summed E-state index contributed by atoms with van der Waals surface area (Å²) in [6, 6.07) is 14.7. The Labute approximate surface area is 175 Å². The molecule has 2 rings (SSSR count). The summed E-state index contributed by atoms with van der Waals surface area (Å²) in [5, 5.41) is 0.795. The summed E-state index contributed by atoms with van der Waals surface area (Å²) in [4.78, 5) is 8.08. The minimum absolute atomic E-state index is 0.740. The van der Waals surface area contributed by atoms with E-state index in [-0.39, 0.29) is 0 Å². The Hall–Kier alpha value is -1.78. The van der Waals surface area contributed by atoms with E-state index in [1.165, 1.54) is 4.90 Å². The van der Waals surface area contributed by atoms with Crippen molar-refractivity contribution in [2.75, 3.05) is 29.0 Å². The lowest BCUT2D eigenvalue weighted by Crippen LogP contribution is -2.16. The van der Waals surface area contributed by atoms with Gasteiger partial charge in [-0.15, -0.1) is 0 Å². The van der Waals surface area contributed by atoms with Crippen molar-refractivity contribution in [1.82, 2.24) is 4.98 Å². The van der Waals surface area contributed by atoms with Crippen molar-refractivity contribution in [3.63, 3.8) is 0 Å². The van der Waals surface area contributed by atoms with E-state index in [2.05, 4.69) is 87.6 Å². The van der Waals surface area contributed by atoms with E-state index in [0.717, 1.165) is 22.5 Å². The first-order valence-corrected chi connectivity index (χ1v) is 13.0. The topological polar surface area (TPSA) is 16.1 Å². The standard InChI is InChI=1S/C21H25BrN2S.C2H6/c1-5-9-18(10-8-16-22)24(21-11-6-7-17-23-21)19-12-14-20(15-13-19)25(2,3)4;1-2/h5-15,17H,1,16H2,2-4H3;1-2H3/b10-8-,18-9+;. The molecule has 0 aliphatic rings. The highest BCUT2D eigenvalue weighted by atomic mass is 79.9. The zero-order valence-corrected chi connectivity index (χ0v) is 19.4. The average Bonchev–Trinajstić information content (AvgIpc) is 2.68. The van der Waals surface area contributed by atoms with Gasteiger partial charge in [-0.3, -0.25) is 4.90 Å². The normalized spacial score (nSPS) is 12.3. The number of nitrogens with zero attached hydrogens (tertiary/aromatic N) is 2. The minimum atomic E-state index is -0.740. The number of benzene rings is 1. The third kappa shape index (κ3) is 7.04. The van der Waals surface area contributed by atoms with Crippen LogP contribution in [0, 0.1) is 0 Å². The fourth-order valence-electron chi connectivity index (χ4n) is 2.39. The molecule has 2 nitrogen and oxygen atoms in total. The van der Waals surface area contributed by atoms with Crippen molar-refractivity contribution >= 4 is 37.5 Å². The number of anilines is 2. The average molecular weight is 447 g/mol. The maximum absolute atomic E-state index is 4.55. The van der Waals surface area contributed by atoms with Gasteiger partial charge in [0.05, 0.1) is 0 Å². The molecule has 0 radical (unpaired) electrons. The Morgan fingerprint density at radius 2 is 1.78 bits per heavy atom. The first-order chi connectivity index (χ1) is 13.0. The van der Waals surface area contributed by atoms with Crippen LogP contribution in [0.3, 0.4) is 0 Å². The second-order valence-electron chi connectivity index (χ2n) is 6.24. The monoisotopic (exact) mass is 446 g/mol. The van der Waals surface area contributed by atoms with E-state index >= 15 is 0 Å². The summed E-state index contributed by atoms with van der Waals surface area (Å²) in [6.07, 6.45) is 16.7. The molecule has 4 heteroatoms. The highest BCUT2D eigenvalue weighted by molar-refractivity contribution is 9.09. The molecule has 0 atom stereocenters. The van der Waals surface area contributed by atoms with Gasteiger partial charge in [-0.1, -0.05) is 54.6 Å². The van der Waals surface area contributed by atoms with Crippen molar-refractivity contribution in [2.45, 2.75) is 18.7 Å². The molecule has 146 valence electrons. The summed E-state index contributed by atoms with van der Waals surface area (Å²) >= 11 is 3.45. The predicted molar refractivity (Wildman–Crippen MR) is 129 cm³/mol. The number of hydrogen-bond donors (Lipinski definition) is 0. The first kappa shape index (κ1) is 23.3. The lowest BCUT2D eigenvalue weighted by atomic mass is 10.2. The van der Waals surface area contributed by atoms with Crippen molar-refractivity contribution in [3.8, 4) is 0 Å². The van der Waals surface area contributed by atoms with Crippen LogP contribution in [0.5, 0.6) is 0 Å². The molecule has 0 aliphatic carbocycles. The number of aromatic nitrogens is 1. The van der Waals surface area contributed by atoms with Crippen LogP contribution >= 0.6 is 26.0 Å². The summed E-state index contributed by atoms with van der Waals surface area (Å²) in [5.74, 6) is 0.880. The van der Waals surface area contributed by atoms with Gasteiger partial charge in [0.25, 0.3) is 0 Å². The van der Waals surface area contributed by atoms with Crippen molar-refractivity contribution in [1.29, 1.82) is 0 Å². The zero-order valence-electron chi connectivity index (χ0n) is 17.0. The fourth-order valence-corrected chi connectivity index (χ4v) is 3.53. The summed E-state index contributed by atoms with van der Waals surface area (Å²) in [6.45, 7) is 7.86. The van der Waals surface area contributed by atoms with E-state index in [1.54, 1.807) is 6.08 Å². The number of allylic oxidation sites excluding steroid dienone is 4. The number of halogens is 1. The summed E-state index contributed by atoms with van der Waals surface area (Å²) < 4.78 is 0. The molecular weight excluding hydrogens is 416 g/mol. The van der Waals surface area contributed by atoms with Gasteiger partial charge in [-0.2, -0.15) is 0 Å². The Bertz CT molecular complexity index is 744. The van der Waals surface area contributed by atoms with Gasteiger partial charge in [-0.05, 0) is 72.2 Å². The molecule has 0 N–H and O–H groups in total. The van der Waals surface area contributed by atoms with Crippen LogP contribution in [0.15, 0.2) is 90.1 Å². The van der Waals surface area contributed by atoms with Crippen molar-refractivity contribution in [3.05, 3.63) is 85.2 Å². The third-order valence-electron chi connectivity index (χ3n) is 3.60. The molecule has 0 saturated carbocycles. The molecule has 2 aromatic rings. The minimum Gasteiger partial charge on any atom is -0.295 e. The Balaban J connectivity index is 0.00000176. The summed E-state index contributed by atoms with van der Waals surface area (Å²) in [7, 11) is -0.740. The number of rotatable bonds is 7. The molecule has 0 aliphatic heterocycles. The molecule has 0 spiro atoms. The third-order valence-corrected chi connectivity index (χ3v) is 5.67. The van der Waals surface area contributed by atoms with Gasteiger partial charge in [0.2, 0.25) is 0 Å². The smallest absolute Gasteiger partial charge is 0.137 e. The van der Waals surface area contributed by atoms with E-state index in [0.29, 0.717) is 0 Å². The number of hydrogen-bond acceptors (Lipinski definition) is 2. The highest BCUT2D eigenvalue weighted by Crippen LogP contribution is 2.45. The van der Waals surface area contributed by atoms with Crippen LogP contribution in [0.1, 0.15) is 13.8 Å². The fraction of sp³-hybridized carbons (Fsp3) is 0.261. The van der Waals surface area contributed by atoms with Crippen LogP contribution < -0.4 is 4.90 Å². The predicted octanol–water partition coefficient (Wildman–Crippen LogP) is 7.32. The molecule has 0 bridgehead atoms. The van der Waals surface area contributed by atoms with Crippen LogP contribution in [0.25, 0.3) is 0 Å². The SMILES string of the molecule is C=C/C=C(\C=C/CBr)N(c1ccc(S(C)(C)C)cc1)c1ccccn1.CC. The maximum atomic E-state index is 4.55. The molecule has 0 unspecified atom stereocenters. The van der Waals surface area contributed by atoms with E-state index in [4.69, 9.17) is 0 Å². The van der Waals surface area contributed by atoms with Crippen LogP contribution in [0.4, 0.5) is 11.5 Å². The van der Waals surface area contributed by atoms with Gasteiger partial charge >= 0.3 is 0 Å². The first-order valence-electron chi connectivity index (χ1n) is 9.02. The van der Waals surface area contributed by atoms with Crippen LogP contribution in [-0.4, -0.2) is 29.1 Å². The molecule has 1 heterocycles. The van der Waals surface area contributed by atoms with Crippen LogP contribution in [0.2, 0.25) is 0 Å². The highest BCUT2D eigenvalue weighted by Gasteiger charge is 2.15. The molecule has 27 heavy (non-hydrogen) atoms. The van der Waals surface area contributed by atoms with Crippen LogP contribution in [-0.2, 0) is 0 Å². The lowest BCUT2D eigenvalue weighted by molar-refractivity contribution is 1.13. The van der Waals surface area contributed by atoms with Gasteiger partial charge in [-0.25, -0.2) is 15.0 Å². The molecule has 1 aromatic heterocycles. The second kappa shape index (κ2) is 11.8. The molecular formula is C23H31BrN2S. The van der Waals surface area contributed by atoms with E-state index < -0.39 is 10.0 Å². The maximum Gasteiger partial charge on any atom is 0.137 e. The van der Waals surface area contributed by atoms with E-state index in [9.17, 15) is 0 Å². The lowest BCUT2D eigenvalue weighted by Gasteiger charge is -2.28. The Morgan fingerprint density at radius 1 is 1.11 bits per heavy atom. The Kier molecular flexibility index (Phi) is 10.2. The van der Waals surface area contributed by atoms with Gasteiger partial charge in [0, 0.05) is 22.9 Å². The molecule has 0 saturated heterocycles. The quantitative estimate of drug-likeness (QED) is 0.327. The van der Waals surface area contributed by atoms with Crippen molar-refractivity contribution in [2.24, 2.45) is 0 Å². The molecule has 0 amide bonds. The van der Waals surface area contributed by atoms with Gasteiger partial charge < -0.3 is 0 Å².